The van der Waals surface area contributed by atoms with E-state index in [1.807, 2.05) is 6.92 Å². The lowest BCUT2D eigenvalue weighted by atomic mass is 10.1. The summed E-state index contributed by atoms with van der Waals surface area (Å²) in [6, 6.07) is 13.9. The van der Waals surface area contributed by atoms with E-state index >= 15 is 0 Å². The number of likely N-dealkylation sites (N-methyl/N-ethyl adjacent to an activating group) is 1. The fraction of sp³-hybridized carbons (Fsp3) is 0.208. The molecule has 2 aromatic carbocycles. The maximum absolute atomic E-state index is 13.0. The Morgan fingerprint density at radius 3 is 2.47 bits per heavy atom. The molecule has 0 aliphatic heterocycles. The van der Waals surface area contributed by atoms with Crippen LogP contribution in [0.2, 0.25) is 0 Å². The van der Waals surface area contributed by atoms with Gasteiger partial charge < -0.3 is 20.0 Å². The lowest BCUT2D eigenvalue weighted by molar-refractivity contribution is -0.121. The Balaban J connectivity index is 1.64. The Hall–Kier alpha value is -3.94. The highest BCUT2D eigenvalue weighted by Gasteiger charge is 2.19. The molecule has 2 N–H and O–H groups in total. The van der Waals surface area contributed by atoms with Crippen molar-refractivity contribution in [2.75, 3.05) is 18.4 Å². The average Bonchev–Trinajstić information content (AvgIpc) is 3.33. The molecular formula is C24H24FN3O4. The first-order valence-corrected chi connectivity index (χ1v) is 10.1. The Morgan fingerprint density at radius 1 is 1.06 bits per heavy atom. The predicted octanol–water partition coefficient (Wildman–Crippen LogP) is 3.76. The Morgan fingerprint density at radius 2 is 1.81 bits per heavy atom. The molecule has 3 rings (SSSR count). The summed E-state index contributed by atoms with van der Waals surface area (Å²) in [7, 11) is 0. The van der Waals surface area contributed by atoms with Crippen molar-refractivity contribution in [1.82, 2.24) is 10.2 Å². The molecule has 0 aliphatic rings. The van der Waals surface area contributed by atoms with Gasteiger partial charge in [0.2, 0.25) is 5.91 Å². The lowest BCUT2D eigenvalue weighted by Gasteiger charge is -2.21. The van der Waals surface area contributed by atoms with Crippen molar-refractivity contribution >= 4 is 23.4 Å². The van der Waals surface area contributed by atoms with Gasteiger partial charge in [0, 0.05) is 24.3 Å². The third-order valence-electron chi connectivity index (χ3n) is 4.88. The topological polar surface area (TPSA) is 91.7 Å². The van der Waals surface area contributed by atoms with Gasteiger partial charge in [0.05, 0.1) is 12.8 Å². The number of hydrogen-bond donors (Lipinski definition) is 2. The van der Waals surface area contributed by atoms with E-state index in [0.717, 1.165) is 11.1 Å². The van der Waals surface area contributed by atoms with Crippen LogP contribution in [0.3, 0.4) is 0 Å². The van der Waals surface area contributed by atoms with Gasteiger partial charge in [0.15, 0.2) is 5.76 Å². The fourth-order valence-electron chi connectivity index (χ4n) is 3.02. The first-order chi connectivity index (χ1) is 15.4. The number of benzene rings is 2. The van der Waals surface area contributed by atoms with Crippen LogP contribution in [0.5, 0.6) is 0 Å². The second-order valence-corrected chi connectivity index (χ2v) is 7.18. The van der Waals surface area contributed by atoms with Gasteiger partial charge in [0.25, 0.3) is 11.8 Å². The zero-order chi connectivity index (χ0) is 23.1. The number of amides is 3. The van der Waals surface area contributed by atoms with Gasteiger partial charge in [-0.25, -0.2) is 4.39 Å². The number of aryl methyl sites for hydroxylation is 1. The Kier molecular flexibility index (Phi) is 7.38. The van der Waals surface area contributed by atoms with E-state index in [4.69, 9.17) is 4.42 Å². The van der Waals surface area contributed by atoms with Crippen molar-refractivity contribution in [1.29, 1.82) is 0 Å². The molecule has 1 heterocycles. The van der Waals surface area contributed by atoms with Gasteiger partial charge in [-0.2, -0.15) is 0 Å². The van der Waals surface area contributed by atoms with Crippen LogP contribution in [0, 0.1) is 12.7 Å². The maximum atomic E-state index is 13.0. The van der Waals surface area contributed by atoms with Crippen molar-refractivity contribution < 1.29 is 23.2 Å². The standard InChI is InChI=1S/C24H24FN3O4/c1-3-28(15-22(29)26-14-17-7-10-19(25)11-8-17)24(31)18-9-6-16(2)20(13-18)27-23(30)21-5-4-12-32-21/h4-13H,3,14-15H2,1-2H3,(H,26,29)(H,27,30). The summed E-state index contributed by atoms with van der Waals surface area (Å²) in [4.78, 5) is 39.0. The number of carbonyl (C=O) groups excluding carboxylic acids is 3. The minimum absolute atomic E-state index is 0.126. The number of nitrogens with zero attached hydrogens (tertiary/aromatic N) is 1. The molecule has 0 saturated carbocycles. The molecule has 0 fully saturated rings. The highest BCUT2D eigenvalue weighted by molar-refractivity contribution is 6.04. The van der Waals surface area contributed by atoms with E-state index in [1.165, 1.54) is 23.3 Å². The molecule has 7 nitrogen and oxygen atoms in total. The molecule has 3 amide bonds. The molecule has 0 radical (unpaired) electrons. The summed E-state index contributed by atoms with van der Waals surface area (Å²) >= 11 is 0. The number of anilines is 1. The predicted molar refractivity (Wildman–Crippen MR) is 118 cm³/mol. The number of furan rings is 1. The number of carbonyl (C=O) groups is 3. The second-order valence-electron chi connectivity index (χ2n) is 7.18. The van der Waals surface area contributed by atoms with Crippen LogP contribution in [0.25, 0.3) is 0 Å². The van der Waals surface area contributed by atoms with Crippen molar-refractivity contribution in [3.8, 4) is 0 Å². The summed E-state index contributed by atoms with van der Waals surface area (Å²) in [6.45, 7) is 4.02. The zero-order valence-corrected chi connectivity index (χ0v) is 17.9. The van der Waals surface area contributed by atoms with Crippen molar-refractivity contribution in [3.63, 3.8) is 0 Å². The number of hydrogen-bond acceptors (Lipinski definition) is 4. The lowest BCUT2D eigenvalue weighted by Crippen LogP contribution is -2.40. The second kappa shape index (κ2) is 10.4. The summed E-state index contributed by atoms with van der Waals surface area (Å²) in [5.74, 6) is -1.27. The van der Waals surface area contributed by atoms with Crippen molar-refractivity contribution in [2.24, 2.45) is 0 Å². The van der Waals surface area contributed by atoms with Gasteiger partial charge in [-0.3, -0.25) is 14.4 Å². The molecule has 0 aliphatic carbocycles. The van der Waals surface area contributed by atoms with E-state index < -0.39 is 5.91 Å². The van der Waals surface area contributed by atoms with Crippen LogP contribution in [-0.4, -0.2) is 35.7 Å². The van der Waals surface area contributed by atoms with Gasteiger partial charge in [-0.1, -0.05) is 18.2 Å². The number of rotatable bonds is 8. The van der Waals surface area contributed by atoms with E-state index in [2.05, 4.69) is 10.6 Å². The van der Waals surface area contributed by atoms with Crippen molar-refractivity contribution in [2.45, 2.75) is 20.4 Å². The third-order valence-corrected chi connectivity index (χ3v) is 4.88. The molecule has 8 heteroatoms. The average molecular weight is 437 g/mol. The summed E-state index contributed by atoms with van der Waals surface area (Å²) in [5, 5.41) is 5.47. The van der Waals surface area contributed by atoms with Crippen LogP contribution < -0.4 is 10.6 Å². The quantitative estimate of drug-likeness (QED) is 0.561. The third kappa shape index (κ3) is 5.81. The van der Waals surface area contributed by atoms with E-state index in [-0.39, 0.29) is 36.5 Å². The summed E-state index contributed by atoms with van der Waals surface area (Å²) < 4.78 is 18.1. The number of halogens is 1. The summed E-state index contributed by atoms with van der Waals surface area (Å²) in [6.07, 6.45) is 1.40. The summed E-state index contributed by atoms with van der Waals surface area (Å²) in [5.41, 5.74) is 2.36. The van der Waals surface area contributed by atoms with Crippen LogP contribution in [0.15, 0.2) is 65.3 Å². The van der Waals surface area contributed by atoms with Gasteiger partial charge in [-0.15, -0.1) is 0 Å². The monoisotopic (exact) mass is 437 g/mol. The molecule has 3 aromatic rings. The molecule has 166 valence electrons. The van der Waals surface area contributed by atoms with E-state index in [9.17, 15) is 18.8 Å². The van der Waals surface area contributed by atoms with Gasteiger partial charge in [0.1, 0.15) is 5.82 Å². The van der Waals surface area contributed by atoms with Gasteiger partial charge in [-0.05, 0) is 61.4 Å². The minimum Gasteiger partial charge on any atom is -0.459 e. The van der Waals surface area contributed by atoms with E-state index in [1.54, 1.807) is 49.4 Å². The zero-order valence-electron chi connectivity index (χ0n) is 17.9. The molecular weight excluding hydrogens is 413 g/mol. The van der Waals surface area contributed by atoms with Crippen LogP contribution in [0.4, 0.5) is 10.1 Å². The van der Waals surface area contributed by atoms with Crippen LogP contribution in [0.1, 0.15) is 39.0 Å². The van der Waals surface area contributed by atoms with Crippen molar-refractivity contribution in [3.05, 3.63) is 89.1 Å². The molecule has 0 saturated heterocycles. The SMILES string of the molecule is CCN(CC(=O)NCc1ccc(F)cc1)C(=O)c1ccc(C)c(NC(=O)c2ccco2)c1. The first-order valence-electron chi connectivity index (χ1n) is 10.1. The number of nitrogens with one attached hydrogen (secondary N) is 2. The smallest absolute Gasteiger partial charge is 0.291 e. The minimum atomic E-state index is -0.421. The molecule has 0 spiro atoms. The Bertz CT molecular complexity index is 1090. The Labute approximate surface area is 185 Å². The van der Waals surface area contributed by atoms with Gasteiger partial charge >= 0.3 is 0 Å². The molecule has 32 heavy (non-hydrogen) atoms. The van der Waals surface area contributed by atoms with Crippen LogP contribution >= 0.6 is 0 Å². The molecule has 0 bridgehead atoms. The van der Waals surface area contributed by atoms with E-state index in [0.29, 0.717) is 17.8 Å². The largest absolute Gasteiger partial charge is 0.459 e. The molecule has 0 unspecified atom stereocenters. The van der Waals surface area contributed by atoms with Crippen LogP contribution in [-0.2, 0) is 11.3 Å². The normalized spacial score (nSPS) is 10.5. The highest BCUT2D eigenvalue weighted by Crippen LogP contribution is 2.19. The fourth-order valence-corrected chi connectivity index (χ4v) is 3.02. The molecule has 1 aromatic heterocycles. The first kappa shape index (κ1) is 22.7. The molecule has 0 atom stereocenters. The highest BCUT2D eigenvalue weighted by atomic mass is 19.1. The maximum Gasteiger partial charge on any atom is 0.291 e.